The highest BCUT2D eigenvalue weighted by Gasteiger charge is 2.24. The molecule has 0 aromatic heterocycles. The molecule has 0 radical (unpaired) electrons. The summed E-state index contributed by atoms with van der Waals surface area (Å²) in [5.74, 6) is 0.222. The number of rotatable bonds is 3. The van der Waals surface area contributed by atoms with Crippen LogP contribution in [-0.4, -0.2) is 32.6 Å². The minimum absolute atomic E-state index is 0.0828. The third-order valence-corrected chi connectivity index (χ3v) is 4.21. The molecular weight excluding hydrogens is 306 g/mol. The highest BCUT2D eigenvalue weighted by atomic mass is 16.5. The van der Waals surface area contributed by atoms with E-state index < -0.39 is 5.97 Å². The molecule has 2 aromatic carbocycles. The van der Waals surface area contributed by atoms with E-state index in [1.807, 2.05) is 6.07 Å². The summed E-state index contributed by atoms with van der Waals surface area (Å²) in [6.45, 7) is 0.627. The Labute approximate surface area is 140 Å². The summed E-state index contributed by atoms with van der Waals surface area (Å²) >= 11 is 0. The first-order chi connectivity index (χ1) is 11.6. The number of ether oxygens (including phenoxy) is 2. The molecule has 3 rings (SSSR count). The lowest BCUT2D eigenvalue weighted by molar-refractivity contribution is 0.0600. The zero-order valence-electron chi connectivity index (χ0n) is 13.7. The number of hydrogen-bond acceptors (Lipinski definition) is 4. The first-order valence-corrected chi connectivity index (χ1v) is 7.81. The van der Waals surface area contributed by atoms with E-state index in [-0.39, 0.29) is 5.91 Å². The van der Waals surface area contributed by atoms with Gasteiger partial charge in [-0.3, -0.25) is 4.79 Å². The van der Waals surface area contributed by atoms with Crippen molar-refractivity contribution in [2.24, 2.45) is 0 Å². The van der Waals surface area contributed by atoms with E-state index in [4.69, 9.17) is 9.47 Å². The highest BCUT2D eigenvalue weighted by Crippen LogP contribution is 2.30. The standard InChI is InChI=1S/C19H19NO4/c1-23-16-9-7-14(8-10-16)18(21)20-11-3-4-13-5-6-15(12-17(13)20)19(22)24-2/h5-10,12H,3-4,11H2,1-2H3. The Hall–Kier alpha value is -2.82. The van der Waals surface area contributed by atoms with Gasteiger partial charge < -0.3 is 14.4 Å². The van der Waals surface area contributed by atoms with Gasteiger partial charge in [0, 0.05) is 17.8 Å². The lowest BCUT2D eigenvalue weighted by atomic mass is 9.98. The topological polar surface area (TPSA) is 55.8 Å². The van der Waals surface area contributed by atoms with E-state index >= 15 is 0 Å². The number of esters is 1. The maximum absolute atomic E-state index is 12.9. The number of amides is 1. The van der Waals surface area contributed by atoms with E-state index in [0.29, 0.717) is 23.4 Å². The van der Waals surface area contributed by atoms with Crippen LogP contribution in [0.5, 0.6) is 5.75 Å². The van der Waals surface area contributed by atoms with Crippen LogP contribution in [0.1, 0.15) is 32.7 Å². The van der Waals surface area contributed by atoms with Crippen LogP contribution >= 0.6 is 0 Å². The molecule has 0 saturated heterocycles. The predicted molar refractivity (Wildman–Crippen MR) is 90.8 cm³/mol. The van der Waals surface area contributed by atoms with Gasteiger partial charge in [-0.05, 0) is 54.8 Å². The van der Waals surface area contributed by atoms with Gasteiger partial charge in [0.05, 0.1) is 19.8 Å². The number of nitrogens with zero attached hydrogens (tertiary/aromatic N) is 1. The number of carbonyl (C=O) groups excluding carboxylic acids is 2. The predicted octanol–water partition coefficient (Wildman–Crippen LogP) is 3.07. The third-order valence-electron chi connectivity index (χ3n) is 4.21. The minimum atomic E-state index is -0.403. The molecule has 2 aromatic rings. The van der Waals surface area contributed by atoms with Crippen molar-refractivity contribution in [3.63, 3.8) is 0 Å². The second kappa shape index (κ2) is 6.74. The number of methoxy groups -OCH3 is 2. The molecule has 0 fully saturated rings. The molecule has 24 heavy (non-hydrogen) atoms. The summed E-state index contributed by atoms with van der Waals surface area (Å²) < 4.78 is 9.91. The summed E-state index contributed by atoms with van der Waals surface area (Å²) in [5.41, 5.74) is 2.89. The van der Waals surface area contributed by atoms with Gasteiger partial charge in [0.1, 0.15) is 5.75 Å². The fourth-order valence-electron chi connectivity index (χ4n) is 2.92. The van der Waals surface area contributed by atoms with E-state index in [0.717, 1.165) is 24.1 Å². The molecule has 0 atom stereocenters. The van der Waals surface area contributed by atoms with Gasteiger partial charge in [0.2, 0.25) is 0 Å². The summed E-state index contributed by atoms with van der Waals surface area (Å²) in [6.07, 6.45) is 1.79. The highest BCUT2D eigenvalue weighted by molar-refractivity contribution is 6.07. The lowest BCUT2D eigenvalue weighted by Gasteiger charge is -2.30. The molecule has 0 unspecified atom stereocenters. The molecule has 0 bridgehead atoms. The van der Waals surface area contributed by atoms with Crippen LogP contribution in [0.4, 0.5) is 5.69 Å². The zero-order chi connectivity index (χ0) is 17.1. The van der Waals surface area contributed by atoms with Crippen molar-refractivity contribution >= 4 is 17.6 Å². The Morgan fingerprint density at radius 3 is 2.38 bits per heavy atom. The smallest absolute Gasteiger partial charge is 0.337 e. The fraction of sp³-hybridized carbons (Fsp3) is 0.263. The number of anilines is 1. The van der Waals surface area contributed by atoms with Crippen molar-refractivity contribution in [3.8, 4) is 5.75 Å². The van der Waals surface area contributed by atoms with Crippen molar-refractivity contribution in [3.05, 3.63) is 59.2 Å². The molecule has 1 heterocycles. The molecule has 0 N–H and O–H groups in total. The largest absolute Gasteiger partial charge is 0.497 e. The molecule has 124 valence electrons. The average Bonchev–Trinajstić information content (AvgIpc) is 2.66. The first kappa shape index (κ1) is 16.1. The summed E-state index contributed by atoms with van der Waals surface area (Å²) in [6, 6.07) is 12.4. The molecule has 1 amide bonds. The van der Waals surface area contributed by atoms with Crippen LogP contribution < -0.4 is 9.64 Å². The van der Waals surface area contributed by atoms with Crippen LogP contribution in [0.2, 0.25) is 0 Å². The maximum atomic E-state index is 12.9. The molecule has 0 saturated carbocycles. The van der Waals surface area contributed by atoms with Gasteiger partial charge in [0.25, 0.3) is 5.91 Å². The van der Waals surface area contributed by atoms with Gasteiger partial charge in [-0.15, -0.1) is 0 Å². The van der Waals surface area contributed by atoms with Gasteiger partial charge >= 0.3 is 5.97 Å². The van der Waals surface area contributed by atoms with Gasteiger partial charge in [-0.25, -0.2) is 4.79 Å². The number of benzene rings is 2. The van der Waals surface area contributed by atoms with Crippen molar-refractivity contribution in [2.45, 2.75) is 12.8 Å². The van der Waals surface area contributed by atoms with Gasteiger partial charge in [0.15, 0.2) is 0 Å². The average molecular weight is 325 g/mol. The molecule has 5 heteroatoms. The normalized spacial score (nSPS) is 13.2. The lowest BCUT2D eigenvalue weighted by Crippen LogP contribution is -2.35. The maximum Gasteiger partial charge on any atom is 0.337 e. The van der Waals surface area contributed by atoms with Crippen LogP contribution in [0.15, 0.2) is 42.5 Å². The summed E-state index contributed by atoms with van der Waals surface area (Å²) in [7, 11) is 2.94. The SMILES string of the molecule is COC(=O)c1ccc2c(c1)N(C(=O)c1ccc(OC)cc1)CCC2. The summed E-state index contributed by atoms with van der Waals surface area (Å²) in [5, 5.41) is 0. The molecule has 1 aliphatic rings. The van der Waals surface area contributed by atoms with Crippen LogP contribution in [-0.2, 0) is 11.2 Å². The number of fused-ring (bicyclic) bond motifs is 1. The van der Waals surface area contributed by atoms with Gasteiger partial charge in [-0.2, -0.15) is 0 Å². The van der Waals surface area contributed by atoms with E-state index in [2.05, 4.69) is 0 Å². The quantitative estimate of drug-likeness (QED) is 0.814. The fourth-order valence-corrected chi connectivity index (χ4v) is 2.92. The second-order valence-corrected chi connectivity index (χ2v) is 5.62. The monoisotopic (exact) mass is 325 g/mol. The zero-order valence-corrected chi connectivity index (χ0v) is 13.7. The van der Waals surface area contributed by atoms with Crippen molar-refractivity contribution in [1.29, 1.82) is 0 Å². The van der Waals surface area contributed by atoms with Crippen molar-refractivity contribution in [2.75, 3.05) is 25.7 Å². The Morgan fingerprint density at radius 2 is 1.71 bits per heavy atom. The first-order valence-electron chi connectivity index (χ1n) is 7.81. The molecule has 5 nitrogen and oxygen atoms in total. The molecule has 1 aliphatic heterocycles. The Kier molecular flexibility index (Phi) is 4.51. The van der Waals surface area contributed by atoms with Crippen LogP contribution in [0.25, 0.3) is 0 Å². The number of aryl methyl sites for hydroxylation is 1. The Morgan fingerprint density at radius 1 is 1.00 bits per heavy atom. The van der Waals surface area contributed by atoms with Crippen LogP contribution in [0, 0.1) is 0 Å². The minimum Gasteiger partial charge on any atom is -0.497 e. The van der Waals surface area contributed by atoms with Crippen molar-refractivity contribution < 1.29 is 19.1 Å². The molecule has 0 aliphatic carbocycles. The number of carbonyl (C=O) groups is 2. The Bertz CT molecular complexity index is 767. The van der Waals surface area contributed by atoms with Gasteiger partial charge in [-0.1, -0.05) is 6.07 Å². The number of hydrogen-bond donors (Lipinski definition) is 0. The summed E-state index contributed by atoms with van der Waals surface area (Å²) in [4.78, 5) is 26.4. The Balaban J connectivity index is 1.95. The van der Waals surface area contributed by atoms with Crippen molar-refractivity contribution in [1.82, 2.24) is 0 Å². The van der Waals surface area contributed by atoms with E-state index in [9.17, 15) is 9.59 Å². The molecular formula is C19H19NO4. The van der Waals surface area contributed by atoms with E-state index in [1.165, 1.54) is 7.11 Å². The van der Waals surface area contributed by atoms with E-state index in [1.54, 1.807) is 48.4 Å². The van der Waals surface area contributed by atoms with Crippen LogP contribution in [0.3, 0.4) is 0 Å². The molecule has 0 spiro atoms. The second-order valence-electron chi connectivity index (χ2n) is 5.62. The third kappa shape index (κ3) is 2.97.